The van der Waals surface area contributed by atoms with Gasteiger partial charge in [0, 0.05) is 5.92 Å². The Hall–Kier alpha value is -1.92. The van der Waals surface area contributed by atoms with E-state index in [1.165, 1.54) is 44.9 Å². The molecule has 6 bridgehead atoms. The SMILES string of the molecule is CCC1(OC(=O)C(C)(C)CC2C(=O)OC(=O)C2CC2C3CCC(C3)C2C2C(C)C3CC2C2(CCOC2=O)C3)CC2CC1C1CCCC21. The molecule has 0 aromatic carbocycles. The Bertz CT molecular complexity index is 1370. The summed E-state index contributed by atoms with van der Waals surface area (Å²) < 4.78 is 17.6. The van der Waals surface area contributed by atoms with E-state index in [2.05, 4.69) is 13.8 Å². The van der Waals surface area contributed by atoms with E-state index >= 15 is 0 Å². The third-order valence-electron chi connectivity index (χ3n) is 17.1. The van der Waals surface area contributed by atoms with Crippen LogP contribution >= 0.6 is 0 Å². The van der Waals surface area contributed by atoms with Crippen LogP contribution in [0, 0.1) is 93.7 Å². The molecule has 0 amide bonds. The van der Waals surface area contributed by atoms with E-state index in [0.29, 0.717) is 78.1 Å². The fraction of sp³-hybridized carbons (Fsp3) is 0.900. The highest BCUT2D eigenvalue weighted by molar-refractivity contribution is 5.96. The number of fused-ring (bicyclic) bond motifs is 10. The van der Waals surface area contributed by atoms with Crippen molar-refractivity contribution in [3.8, 4) is 0 Å². The molecule has 7 nitrogen and oxygen atoms in total. The molecule has 9 fully saturated rings. The highest BCUT2D eigenvalue weighted by atomic mass is 16.6. The van der Waals surface area contributed by atoms with Crippen LogP contribution in [0.15, 0.2) is 0 Å². The second kappa shape index (κ2) is 10.5. The molecule has 1 spiro atoms. The normalized spacial score (nSPS) is 52.2. The topological polar surface area (TPSA) is 96.0 Å². The van der Waals surface area contributed by atoms with Gasteiger partial charge in [0.15, 0.2) is 0 Å². The van der Waals surface area contributed by atoms with Crippen LogP contribution in [0.3, 0.4) is 0 Å². The second-order valence-corrected chi connectivity index (χ2v) is 19.0. The van der Waals surface area contributed by atoms with Crippen molar-refractivity contribution in [3.63, 3.8) is 0 Å². The number of ether oxygens (including phenoxy) is 3. The largest absolute Gasteiger partial charge is 0.465 e. The first-order valence-electron chi connectivity index (χ1n) is 19.6. The van der Waals surface area contributed by atoms with E-state index in [1.807, 2.05) is 13.8 Å². The summed E-state index contributed by atoms with van der Waals surface area (Å²) in [6.07, 6.45) is 14.5. The average Bonchev–Trinajstić information content (AvgIpc) is 3.89. The van der Waals surface area contributed by atoms with Crippen molar-refractivity contribution in [2.45, 2.75) is 123 Å². The van der Waals surface area contributed by atoms with Gasteiger partial charge in [-0.3, -0.25) is 19.2 Å². The minimum atomic E-state index is -0.895. The predicted octanol–water partition coefficient (Wildman–Crippen LogP) is 7.14. The van der Waals surface area contributed by atoms with Crippen LogP contribution in [0.1, 0.15) is 118 Å². The van der Waals surface area contributed by atoms with Crippen LogP contribution in [0.4, 0.5) is 0 Å². The number of cyclic esters (lactones) is 3. The lowest BCUT2D eigenvalue weighted by Gasteiger charge is -2.47. The molecule has 7 heteroatoms. The van der Waals surface area contributed by atoms with Crippen molar-refractivity contribution in [3.05, 3.63) is 0 Å². The average molecular weight is 649 g/mol. The molecule has 0 aromatic rings. The molecule has 0 radical (unpaired) electrons. The van der Waals surface area contributed by atoms with Crippen LogP contribution in [0.25, 0.3) is 0 Å². The first kappa shape index (κ1) is 31.1. The Morgan fingerprint density at radius 3 is 2.36 bits per heavy atom. The minimum absolute atomic E-state index is 0.0408. The fourth-order valence-electron chi connectivity index (χ4n) is 15.1. The minimum Gasteiger partial charge on any atom is -0.465 e. The van der Waals surface area contributed by atoms with Gasteiger partial charge < -0.3 is 14.2 Å². The lowest BCUT2D eigenvalue weighted by Crippen LogP contribution is -2.47. The number of carbonyl (C=O) groups excluding carboxylic acids is 4. The maximum absolute atomic E-state index is 14.1. The monoisotopic (exact) mass is 648 g/mol. The standard InChI is InChI=1S/C40H56O7/c1-5-40(18-24-15-30(40)26-8-6-7-25(24)26)47-36(43)38(3,4)19-29-28(34(41)46-35(29)42)16-27-21-9-10-22(13-21)33(27)32-20(2)23-14-31(32)39(17-23)11-12-45-37(39)44/h20-33H,5-19H2,1-4H3. The third kappa shape index (κ3) is 4.28. The molecular formula is C40H56O7. The molecule has 2 heterocycles. The quantitative estimate of drug-likeness (QED) is 0.157. The molecule has 7 saturated carbocycles. The number of esters is 4. The first-order valence-corrected chi connectivity index (χ1v) is 19.6. The molecule has 258 valence electrons. The molecule has 0 aromatic heterocycles. The van der Waals surface area contributed by atoms with Crippen molar-refractivity contribution < 1.29 is 33.4 Å². The van der Waals surface area contributed by atoms with Gasteiger partial charge in [0.05, 0.1) is 29.3 Å². The summed E-state index contributed by atoms with van der Waals surface area (Å²) in [5, 5.41) is 0. The van der Waals surface area contributed by atoms with Gasteiger partial charge in [-0.2, -0.15) is 0 Å². The Morgan fingerprint density at radius 2 is 1.62 bits per heavy atom. The van der Waals surface area contributed by atoms with Crippen molar-refractivity contribution in [1.82, 2.24) is 0 Å². The molecule has 9 rings (SSSR count). The molecule has 16 atom stereocenters. The number of hydrogen-bond donors (Lipinski definition) is 0. The van der Waals surface area contributed by atoms with Gasteiger partial charge in [0.25, 0.3) is 0 Å². The van der Waals surface area contributed by atoms with E-state index in [-0.39, 0.29) is 29.4 Å². The van der Waals surface area contributed by atoms with E-state index in [9.17, 15) is 19.2 Å². The highest BCUT2D eigenvalue weighted by Gasteiger charge is 2.68. The van der Waals surface area contributed by atoms with Gasteiger partial charge in [0.1, 0.15) is 5.60 Å². The van der Waals surface area contributed by atoms with Crippen LogP contribution < -0.4 is 0 Å². The second-order valence-electron chi connectivity index (χ2n) is 19.0. The third-order valence-corrected chi connectivity index (χ3v) is 17.1. The highest BCUT2D eigenvalue weighted by Crippen LogP contribution is 2.71. The van der Waals surface area contributed by atoms with Crippen LogP contribution in [-0.2, 0) is 33.4 Å². The Morgan fingerprint density at radius 1 is 0.872 bits per heavy atom. The number of carbonyl (C=O) groups is 4. The van der Waals surface area contributed by atoms with Gasteiger partial charge in [-0.05, 0) is 162 Å². The zero-order valence-corrected chi connectivity index (χ0v) is 29.0. The van der Waals surface area contributed by atoms with Crippen molar-refractivity contribution in [2.24, 2.45) is 93.7 Å². The number of rotatable bonds is 8. The van der Waals surface area contributed by atoms with Crippen LogP contribution in [0.5, 0.6) is 0 Å². The van der Waals surface area contributed by atoms with Gasteiger partial charge in [-0.15, -0.1) is 0 Å². The lowest BCUT2D eigenvalue weighted by atomic mass is 9.56. The van der Waals surface area contributed by atoms with Gasteiger partial charge >= 0.3 is 23.9 Å². The Kier molecular flexibility index (Phi) is 6.98. The number of hydrogen-bond acceptors (Lipinski definition) is 7. The summed E-state index contributed by atoms with van der Waals surface area (Å²) in [5.74, 6) is 4.53. The van der Waals surface area contributed by atoms with Gasteiger partial charge in [-0.1, -0.05) is 20.3 Å². The zero-order chi connectivity index (χ0) is 32.6. The molecule has 2 aliphatic heterocycles. The van der Waals surface area contributed by atoms with Crippen molar-refractivity contribution in [2.75, 3.05) is 6.61 Å². The van der Waals surface area contributed by atoms with Gasteiger partial charge in [0.2, 0.25) is 0 Å². The molecular weight excluding hydrogens is 592 g/mol. The van der Waals surface area contributed by atoms with Crippen molar-refractivity contribution in [1.29, 1.82) is 0 Å². The summed E-state index contributed by atoms with van der Waals surface area (Å²) in [5.41, 5.74) is -1.57. The summed E-state index contributed by atoms with van der Waals surface area (Å²) in [7, 11) is 0. The summed E-state index contributed by atoms with van der Waals surface area (Å²) >= 11 is 0. The Labute approximate surface area is 280 Å². The van der Waals surface area contributed by atoms with E-state index < -0.39 is 29.2 Å². The molecule has 16 unspecified atom stereocenters. The van der Waals surface area contributed by atoms with Crippen molar-refractivity contribution >= 4 is 23.9 Å². The fourth-order valence-corrected chi connectivity index (χ4v) is 15.1. The molecule has 47 heavy (non-hydrogen) atoms. The predicted molar refractivity (Wildman–Crippen MR) is 172 cm³/mol. The van der Waals surface area contributed by atoms with Gasteiger partial charge in [-0.25, -0.2) is 0 Å². The first-order chi connectivity index (χ1) is 22.5. The molecule has 0 N–H and O–H groups in total. The van der Waals surface area contributed by atoms with Crippen LogP contribution in [0.2, 0.25) is 0 Å². The molecule has 9 aliphatic rings. The lowest BCUT2D eigenvalue weighted by molar-refractivity contribution is -0.182. The van der Waals surface area contributed by atoms with E-state index in [4.69, 9.17) is 14.2 Å². The summed E-state index contributed by atoms with van der Waals surface area (Å²) in [6, 6.07) is 0. The van der Waals surface area contributed by atoms with E-state index in [0.717, 1.165) is 38.0 Å². The molecule has 7 aliphatic carbocycles. The maximum atomic E-state index is 14.1. The zero-order valence-electron chi connectivity index (χ0n) is 29.0. The van der Waals surface area contributed by atoms with Crippen LogP contribution in [-0.4, -0.2) is 36.1 Å². The maximum Gasteiger partial charge on any atom is 0.317 e. The summed E-state index contributed by atoms with van der Waals surface area (Å²) in [6.45, 7) is 8.97. The van der Waals surface area contributed by atoms with E-state index in [1.54, 1.807) is 0 Å². The summed E-state index contributed by atoms with van der Waals surface area (Å²) in [4.78, 5) is 54.1. The smallest absolute Gasteiger partial charge is 0.317 e. The Balaban J connectivity index is 0.933. The molecule has 2 saturated heterocycles.